The second-order valence-electron chi connectivity index (χ2n) is 5.33. The fourth-order valence-corrected chi connectivity index (χ4v) is 2.85. The van der Waals surface area contributed by atoms with Crippen molar-refractivity contribution in [2.75, 3.05) is 0 Å². The maximum absolute atomic E-state index is 10.2. The minimum absolute atomic E-state index is 0.181. The molecular weight excluding hydrogens is 186 g/mol. The van der Waals surface area contributed by atoms with Crippen molar-refractivity contribution in [2.45, 2.75) is 59.0 Å². The van der Waals surface area contributed by atoms with Gasteiger partial charge in [-0.1, -0.05) is 40.0 Å². The van der Waals surface area contributed by atoms with E-state index in [0.29, 0.717) is 5.92 Å². The minimum Gasteiger partial charge on any atom is -0.391 e. The molecule has 1 saturated carbocycles. The average molecular weight is 209 g/mol. The van der Waals surface area contributed by atoms with Crippen LogP contribution in [-0.2, 0) is 0 Å². The van der Waals surface area contributed by atoms with Gasteiger partial charge in [-0.15, -0.1) is 0 Å². The van der Waals surface area contributed by atoms with Crippen LogP contribution < -0.4 is 0 Å². The molecule has 0 radical (unpaired) electrons. The maximum atomic E-state index is 10.2. The van der Waals surface area contributed by atoms with Crippen LogP contribution >= 0.6 is 0 Å². The Hall–Kier alpha value is -0.550. The molecule has 2 heteroatoms. The molecule has 0 aromatic heterocycles. The summed E-state index contributed by atoms with van der Waals surface area (Å²) < 4.78 is 0. The van der Waals surface area contributed by atoms with Gasteiger partial charge in [0, 0.05) is 0 Å². The largest absolute Gasteiger partial charge is 0.391 e. The zero-order valence-electron chi connectivity index (χ0n) is 10.2. The Morgan fingerprint density at radius 3 is 2.67 bits per heavy atom. The van der Waals surface area contributed by atoms with Gasteiger partial charge in [-0.25, -0.2) is 0 Å². The third kappa shape index (κ3) is 2.52. The van der Waals surface area contributed by atoms with E-state index in [4.69, 9.17) is 0 Å². The normalized spacial score (nSPS) is 33.7. The summed E-state index contributed by atoms with van der Waals surface area (Å²) in [4.78, 5) is 0. The smallest absolute Gasteiger partial charge is 0.0837 e. The van der Waals surface area contributed by atoms with Crippen LogP contribution in [0.2, 0.25) is 0 Å². The molecule has 0 saturated heterocycles. The van der Waals surface area contributed by atoms with Crippen LogP contribution in [-0.4, -0.2) is 11.2 Å². The quantitative estimate of drug-likeness (QED) is 0.776. The van der Waals surface area contributed by atoms with Crippen LogP contribution in [0.5, 0.6) is 0 Å². The highest BCUT2D eigenvalue weighted by atomic mass is 16.3. The van der Waals surface area contributed by atoms with Crippen LogP contribution in [0.3, 0.4) is 0 Å². The van der Waals surface area contributed by atoms with Crippen LogP contribution in [0.1, 0.15) is 52.9 Å². The number of rotatable bonds is 3. The van der Waals surface area contributed by atoms with E-state index in [0.717, 1.165) is 25.7 Å². The van der Waals surface area contributed by atoms with Crippen molar-refractivity contribution in [1.82, 2.24) is 0 Å². The van der Waals surface area contributed by atoms with Crippen LogP contribution in [0.15, 0.2) is 0 Å². The number of hydrogen-bond acceptors (Lipinski definition) is 2. The summed E-state index contributed by atoms with van der Waals surface area (Å²) in [5.74, 6) is 0.812. The predicted molar refractivity (Wildman–Crippen MR) is 61.1 cm³/mol. The lowest BCUT2D eigenvalue weighted by Gasteiger charge is -2.40. The van der Waals surface area contributed by atoms with Gasteiger partial charge in [0.2, 0.25) is 0 Å². The van der Waals surface area contributed by atoms with Gasteiger partial charge in [-0.2, -0.15) is 5.26 Å². The van der Waals surface area contributed by atoms with E-state index in [1.165, 1.54) is 6.42 Å². The lowest BCUT2D eigenvalue weighted by molar-refractivity contribution is -0.0102. The molecule has 0 bridgehead atoms. The summed E-state index contributed by atoms with van der Waals surface area (Å²) in [5, 5.41) is 19.6. The van der Waals surface area contributed by atoms with Crippen LogP contribution in [0.4, 0.5) is 0 Å². The van der Waals surface area contributed by atoms with Crippen molar-refractivity contribution in [2.24, 2.45) is 17.3 Å². The van der Waals surface area contributed by atoms with Gasteiger partial charge in [0.05, 0.1) is 17.6 Å². The standard InChI is InChI=1S/C13H23NO/c1-4-11-6-5-7-13(8-11,9-14)12(15)10(2)3/h10-12,15H,4-8H2,1-3H3. The molecule has 1 fully saturated rings. The van der Waals surface area contributed by atoms with Crippen molar-refractivity contribution in [3.63, 3.8) is 0 Å². The molecule has 86 valence electrons. The molecule has 0 heterocycles. The summed E-state index contributed by atoms with van der Waals surface area (Å²) in [6, 6.07) is 2.41. The van der Waals surface area contributed by atoms with Crippen molar-refractivity contribution >= 4 is 0 Å². The molecule has 0 aromatic carbocycles. The molecule has 1 rings (SSSR count). The van der Waals surface area contributed by atoms with Gasteiger partial charge >= 0.3 is 0 Å². The Morgan fingerprint density at radius 2 is 2.20 bits per heavy atom. The average Bonchev–Trinajstić information content (AvgIpc) is 2.27. The van der Waals surface area contributed by atoms with E-state index >= 15 is 0 Å². The summed E-state index contributed by atoms with van der Waals surface area (Å²) in [6.07, 6.45) is 4.75. The van der Waals surface area contributed by atoms with E-state index < -0.39 is 11.5 Å². The molecule has 0 spiro atoms. The van der Waals surface area contributed by atoms with E-state index in [1.54, 1.807) is 0 Å². The van der Waals surface area contributed by atoms with Gasteiger partial charge in [-0.05, 0) is 24.7 Å². The third-order valence-corrected chi connectivity index (χ3v) is 3.89. The first kappa shape index (κ1) is 12.5. The molecule has 3 atom stereocenters. The van der Waals surface area contributed by atoms with E-state index in [-0.39, 0.29) is 5.92 Å². The third-order valence-electron chi connectivity index (χ3n) is 3.89. The van der Waals surface area contributed by atoms with Crippen LogP contribution in [0.25, 0.3) is 0 Å². The molecule has 2 nitrogen and oxygen atoms in total. The number of aliphatic hydroxyl groups is 1. The van der Waals surface area contributed by atoms with E-state index in [2.05, 4.69) is 13.0 Å². The lowest BCUT2D eigenvalue weighted by Crippen LogP contribution is -2.41. The zero-order chi connectivity index (χ0) is 11.5. The first-order valence-corrected chi connectivity index (χ1v) is 6.15. The maximum Gasteiger partial charge on any atom is 0.0837 e. The van der Waals surface area contributed by atoms with Gasteiger partial charge in [-0.3, -0.25) is 0 Å². The summed E-state index contributed by atoms with van der Waals surface area (Å²) in [5.41, 5.74) is -0.465. The Morgan fingerprint density at radius 1 is 1.53 bits per heavy atom. The zero-order valence-corrected chi connectivity index (χ0v) is 10.2. The Balaban J connectivity index is 2.80. The SMILES string of the molecule is CCC1CCCC(C#N)(C(O)C(C)C)C1. The predicted octanol–water partition coefficient (Wildman–Crippen LogP) is 3.11. The number of nitriles is 1. The second-order valence-corrected chi connectivity index (χ2v) is 5.33. The highest BCUT2D eigenvalue weighted by Gasteiger charge is 2.43. The summed E-state index contributed by atoms with van der Waals surface area (Å²) in [6.45, 7) is 6.18. The van der Waals surface area contributed by atoms with Crippen molar-refractivity contribution in [3.05, 3.63) is 0 Å². The van der Waals surface area contributed by atoms with Gasteiger partial charge in [0.1, 0.15) is 0 Å². The monoisotopic (exact) mass is 209 g/mol. The van der Waals surface area contributed by atoms with Gasteiger partial charge in [0.15, 0.2) is 0 Å². The van der Waals surface area contributed by atoms with Crippen molar-refractivity contribution in [1.29, 1.82) is 5.26 Å². The molecular formula is C13H23NO. The number of nitrogens with zero attached hydrogens (tertiary/aromatic N) is 1. The highest BCUT2D eigenvalue weighted by molar-refractivity contribution is 5.06. The van der Waals surface area contributed by atoms with Gasteiger partial charge < -0.3 is 5.11 Å². The van der Waals surface area contributed by atoms with Crippen LogP contribution in [0, 0.1) is 28.6 Å². The first-order valence-electron chi connectivity index (χ1n) is 6.15. The molecule has 3 unspecified atom stereocenters. The van der Waals surface area contributed by atoms with E-state index in [1.807, 2.05) is 13.8 Å². The summed E-state index contributed by atoms with van der Waals surface area (Å²) >= 11 is 0. The van der Waals surface area contributed by atoms with Crippen molar-refractivity contribution < 1.29 is 5.11 Å². The number of hydrogen-bond donors (Lipinski definition) is 1. The Labute approximate surface area is 93.3 Å². The molecule has 1 aliphatic carbocycles. The Bertz CT molecular complexity index is 243. The highest BCUT2D eigenvalue weighted by Crippen LogP contribution is 2.44. The fourth-order valence-electron chi connectivity index (χ4n) is 2.85. The Kier molecular flexibility index (Phi) is 4.16. The first-order chi connectivity index (χ1) is 7.05. The van der Waals surface area contributed by atoms with Gasteiger partial charge in [0.25, 0.3) is 0 Å². The fraction of sp³-hybridized carbons (Fsp3) is 0.923. The van der Waals surface area contributed by atoms with Crippen molar-refractivity contribution in [3.8, 4) is 6.07 Å². The minimum atomic E-state index is -0.465. The molecule has 0 aliphatic heterocycles. The topological polar surface area (TPSA) is 44.0 Å². The molecule has 1 aliphatic rings. The lowest BCUT2D eigenvalue weighted by atomic mass is 9.64. The summed E-state index contributed by atoms with van der Waals surface area (Å²) in [7, 11) is 0. The number of aliphatic hydroxyl groups excluding tert-OH is 1. The molecule has 0 aromatic rings. The molecule has 1 N–H and O–H groups in total. The molecule has 0 amide bonds. The second kappa shape index (κ2) is 4.99. The molecule has 15 heavy (non-hydrogen) atoms. The van der Waals surface area contributed by atoms with E-state index in [9.17, 15) is 10.4 Å².